The number of rotatable bonds is 5. The molecule has 102 valence electrons. The molecule has 2 aromatic heterocycles. The van der Waals surface area contributed by atoms with E-state index >= 15 is 0 Å². The summed E-state index contributed by atoms with van der Waals surface area (Å²) in [6, 6.07) is 3.77. The second kappa shape index (κ2) is 5.71. The average molecular weight is 261 g/mol. The van der Waals surface area contributed by atoms with Crippen LogP contribution in [0.2, 0.25) is 0 Å². The van der Waals surface area contributed by atoms with E-state index < -0.39 is 0 Å². The Bertz CT molecular complexity index is 536. The van der Waals surface area contributed by atoms with Crippen molar-refractivity contribution in [3.05, 3.63) is 35.5 Å². The zero-order chi connectivity index (χ0) is 13.8. The molecule has 0 unspecified atom stereocenters. The molecule has 0 radical (unpaired) electrons. The van der Waals surface area contributed by atoms with E-state index in [1.807, 2.05) is 32.9 Å². The molecular weight excluding hydrogens is 242 g/mol. The Kier molecular flexibility index (Phi) is 4.01. The average Bonchev–Trinajstić information content (AvgIpc) is 2.90. The lowest BCUT2D eigenvalue weighted by Crippen LogP contribution is -2.15. The molecule has 4 N–H and O–H groups in total. The molecule has 0 saturated heterocycles. The first-order chi connectivity index (χ1) is 9.11. The lowest BCUT2D eigenvalue weighted by atomic mass is 10.2. The first-order valence-corrected chi connectivity index (χ1v) is 6.23. The van der Waals surface area contributed by atoms with Gasteiger partial charge < -0.3 is 15.2 Å². The van der Waals surface area contributed by atoms with E-state index in [9.17, 15) is 0 Å². The van der Waals surface area contributed by atoms with Crippen LogP contribution in [0.4, 0.5) is 11.6 Å². The van der Waals surface area contributed by atoms with Crippen molar-refractivity contribution in [2.24, 2.45) is 5.84 Å². The topological polar surface area (TPSA) is 89.0 Å². The molecule has 0 amide bonds. The molecule has 6 heteroatoms. The zero-order valence-electron chi connectivity index (χ0n) is 11.4. The fourth-order valence-electron chi connectivity index (χ4n) is 1.69. The van der Waals surface area contributed by atoms with Crippen LogP contribution in [0, 0.1) is 6.92 Å². The fraction of sp³-hybridized carbons (Fsp3) is 0.385. The van der Waals surface area contributed by atoms with Gasteiger partial charge in [0.2, 0.25) is 0 Å². The predicted molar refractivity (Wildman–Crippen MR) is 74.7 cm³/mol. The summed E-state index contributed by atoms with van der Waals surface area (Å²) in [4.78, 5) is 8.91. The van der Waals surface area contributed by atoms with Crippen molar-refractivity contribution in [3.63, 3.8) is 0 Å². The van der Waals surface area contributed by atoms with E-state index in [1.54, 1.807) is 6.26 Å². The van der Waals surface area contributed by atoms with Crippen LogP contribution in [0.5, 0.6) is 0 Å². The minimum atomic E-state index is 0.233. The van der Waals surface area contributed by atoms with Crippen LogP contribution in [0.1, 0.15) is 36.9 Å². The van der Waals surface area contributed by atoms with E-state index in [2.05, 4.69) is 20.7 Å². The minimum absolute atomic E-state index is 0.233. The van der Waals surface area contributed by atoms with Gasteiger partial charge in [0, 0.05) is 11.5 Å². The summed E-state index contributed by atoms with van der Waals surface area (Å²) in [5, 5.41) is 3.24. The molecule has 2 rings (SSSR count). The standard InChI is InChI=1S/C13H19N5O/c1-8(2)11-16-12(9(3)13(17-11)18-14)15-7-10-5-4-6-19-10/h4-6,8H,7,14H2,1-3H3,(H2,15,16,17,18). The van der Waals surface area contributed by atoms with Crippen molar-refractivity contribution in [2.45, 2.75) is 33.2 Å². The van der Waals surface area contributed by atoms with E-state index in [4.69, 9.17) is 10.3 Å². The molecule has 2 heterocycles. The monoisotopic (exact) mass is 261 g/mol. The summed E-state index contributed by atoms with van der Waals surface area (Å²) in [7, 11) is 0. The smallest absolute Gasteiger partial charge is 0.148 e. The molecule has 0 aromatic carbocycles. The third-order valence-corrected chi connectivity index (χ3v) is 2.83. The van der Waals surface area contributed by atoms with Gasteiger partial charge in [-0.2, -0.15) is 0 Å². The second-order valence-corrected chi connectivity index (χ2v) is 4.64. The maximum absolute atomic E-state index is 5.49. The molecule has 0 fully saturated rings. The number of anilines is 2. The number of nitrogens with zero attached hydrogens (tertiary/aromatic N) is 2. The molecule has 19 heavy (non-hydrogen) atoms. The van der Waals surface area contributed by atoms with E-state index in [-0.39, 0.29) is 5.92 Å². The lowest BCUT2D eigenvalue weighted by Gasteiger charge is -2.14. The number of hydrogen-bond donors (Lipinski definition) is 3. The van der Waals surface area contributed by atoms with Crippen LogP contribution in [-0.2, 0) is 6.54 Å². The summed E-state index contributed by atoms with van der Waals surface area (Å²) in [5.41, 5.74) is 3.50. The van der Waals surface area contributed by atoms with Gasteiger partial charge in [-0.1, -0.05) is 13.8 Å². The van der Waals surface area contributed by atoms with Crippen LogP contribution in [-0.4, -0.2) is 9.97 Å². The summed E-state index contributed by atoms with van der Waals surface area (Å²) in [6.07, 6.45) is 1.65. The van der Waals surface area contributed by atoms with Gasteiger partial charge in [0.15, 0.2) is 0 Å². The summed E-state index contributed by atoms with van der Waals surface area (Å²) >= 11 is 0. The Hall–Kier alpha value is -2.08. The van der Waals surface area contributed by atoms with Crippen LogP contribution in [0.25, 0.3) is 0 Å². The van der Waals surface area contributed by atoms with Crippen molar-refractivity contribution in [3.8, 4) is 0 Å². The Labute approximate surface area is 112 Å². The van der Waals surface area contributed by atoms with Gasteiger partial charge in [-0.05, 0) is 19.1 Å². The lowest BCUT2D eigenvalue weighted by molar-refractivity contribution is 0.517. The van der Waals surface area contributed by atoms with E-state index in [0.717, 1.165) is 23.0 Å². The van der Waals surface area contributed by atoms with Crippen molar-refractivity contribution in [2.75, 3.05) is 10.7 Å². The molecule has 0 atom stereocenters. The van der Waals surface area contributed by atoms with E-state index in [0.29, 0.717) is 12.4 Å². The summed E-state index contributed by atoms with van der Waals surface area (Å²) in [5.74, 6) is 8.74. The first-order valence-electron chi connectivity index (χ1n) is 6.23. The van der Waals surface area contributed by atoms with Crippen molar-refractivity contribution in [1.82, 2.24) is 9.97 Å². The van der Waals surface area contributed by atoms with Gasteiger partial charge in [-0.25, -0.2) is 15.8 Å². The summed E-state index contributed by atoms with van der Waals surface area (Å²) < 4.78 is 5.28. The Balaban J connectivity index is 2.24. The largest absolute Gasteiger partial charge is 0.467 e. The highest BCUT2D eigenvalue weighted by molar-refractivity contribution is 5.56. The van der Waals surface area contributed by atoms with Gasteiger partial charge >= 0.3 is 0 Å². The van der Waals surface area contributed by atoms with Crippen molar-refractivity contribution in [1.29, 1.82) is 0 Å². The molecule has 0 aliphatic carbocycles. The molecule has 6 nitrogen and oxygen atoms in total. The molecule has 0 aliphatic heterocycles. The zero-order valence-corrected chi connectivity index (χ0v) is 11.4. The number of nitrogen functional groups attached to an aromatic ring is 1. The Morgan fingerprint density at radius 3 is 2.63 bits per heavy atom. The highest BCUT2D eigenvalue weighted by Crippen LogP contribution is 2.22. The number of hydrogen-bond acceptors (Lipinski definition) is 6. The van der Waals surface area contributed by atoms with Crippen LogP contribution in [0.3, 0.4) is 0 Å². The van der Waals surface area contributed by atoms with Crippen LogP contribution < -0.4 is 16.6 Å². The van der Waals surface area contributed by atoms with Gasteiger partial charge in [-0.3, -0.25) is 0 Å². The van der Waals surface area contributed by atoms with Gasteiger partial charge in [-0.15, -0.1) is 0 Å². The minimum Gasteiger partial charge on any atom is -0.467 e. The SMILES string of the molecule is Cc1c(NN)nc(C(C)C)nc1NCc1ccco1. The third kappa shape index (κ3) is 3.03. The predicted octanol–water partition coefficient (Wildman–Crippen LogP) is 2.40. The van der Waals surface area contributed by atoms with Gasteiger partial charge in [0.25, 0.3) is 0 Å². The van der Waals surface area contributed by atoms with Gasteiger partial charge in [0.1, 0.15) is 23.2 Å². The highest BCUT2D eigenvalue weighted by atomic mass is 16.3. The molecule has 2 aromatic rings. The number of nitrogens with two attached hydrogens (primary N) is 1. The normalized spacial score (nSPS) is 10.8. The number of furan rings is 1. The quantitative estimate of drug-likeness (QED) is 0.565. The molecule has 0 bridgehead atoms. The number of hydrazine groups is 1. The molecule has 0 spiro atoms. The van der Waals surface area contributed by atoms with Crippen LogP contribution >= 0.6 is 0 Å². The van der Waals surface area contributed by atoms with E-state index in [1.165, 1.54) is 0 Å². The molecule has 0 saturated carbocycles. The number of nitrogens with one attached hydrogen (secondary N) is 2. The maximum Gasteiger partial charge on any atom is 0.148 e. The molecule has 0 aliphatic rings. The fourth-order valence-corrected chi connectivity index (χ4v) is 1.69. The molecular formula is C13H19N5O. The Morgan fingerprint density at radius 2 is 2.05 bits per heavy atom. The number of aromatic nitrogens is 2. The van der Waals surface area contributed by atoms with Gasteiger partial charge in [0.05, 0.1) is 12.8 Å². The third-order valence-electron chi connectivity index (χ3n) is 2.83. The van der Waals surface area contributed by atoms with Crippen LogP contribution in [0.15, 0.2) is 22.8 Å². The second-order valence-electron chi connectivity index (χ2n) is 4.64. The van der Waals surface area contributed by atoms with Crippen molar-refractivity contribution < 1.29 is 4.42 Å². The first kappa shape index (κ1) is 13.4. The highest BCUT2D eigenvalue weighted by Gasteiger charge is 2.12. The Morgan fingerprint density at radius 1 is 1.32 bits per heavy atom. The summed E-state index contributed by atoms with van der Waals surface area (Å²) in [6.45, 7) is 6.58. The van der Waals surface area contributed by atoms with Crippen molar-refractivity contribution >= 4 is 11.6 Å². The maximum atomic E-state index is 5.49.